The summed E-state index contributed by atoms with van der Waals surface area (Å²) in [4.78, 5) is 16.0. The molecule has 6 nitrogen and oxygen atoms in total. The molecule has 26 heavy (non-hydrogen) atoms. The number of aromatic nitrogens is 2. The van der Waals surface area contributed by atoms with Crippen molar-refractivity contribution in [2.45, 2.75) is 57.8 Å². The fourth-order valence-electron chi connectivity index (χ4n) is 3.76. The van der Waals surface area contributed by atoms with Crippen LogP contribution < -0.4 is 0 Å². The number of rotatable bonds is 6. The molecule has 0 radical (unpaired) electrons. The lowest BCUT2D eigenvalue weighted by atomic mass is 10.2. The Hall–Kier alpha value is -1.70. The van der Waals surface area contributed by atoms with Crippen LogP contribution in [0.25, 0.3) is 0 Å². The molecule has 140 valence electrons. The fraction of sp³-hybridized carbons (Fsp3) is 0.579. The van der Waals surface area contributed by atoms with Crippen LogP contribution in [0.15, 0.2) is 18.2 Å². The van der Waals surface area contributed by atoms with Gasteiger partial charge in [0, 0.05) is 49.0 Å². The number of ether oxygens (including phenoxy) is 1. The maximum Gasteiger partial charge on any atom is 0.303 e. The number of carbonyl (C=O) groups is 1. The van der Waals surface area contributed by atoms with E-state index in [1.165, 1.54) is 15.4 Å². The van der Waals surface area contributed by atoms with E-state index in [1.807, 2.05) is 11.3 Å². The molecule has 0 amide bonds. The van der Waals surface area contributed by atoms with Crippen molar-refractivity contribution in [3.05, 3.63) is 39.3 Å². The second-order valence-corrected chi connectivity index (χ2v) is 8.31. The molecule has 7 heteroatoms. The quantitative estimate of drug-likeness (QED) is 0.840. The Bertz CT molecular complexity index is 764. The fourth-order valence-corrected chi connectivity index (χ4v) is 4.89. The molecule has 0 aliphatic carbocycles. The Labute approximate surface area is 157 Å². The molecule has 2 aliphatic heterocycles. The van der Waals surface area contributed by atoms with Gasteiger partial charge >= 0.3 is 5.97 Å². The Balaban J connectivity index is 1.39. The molecule has 1 unspecified atom stereocenters. The summed E-state index contributed by atoms with van der Waals surface area (Å²) < 4.78 is 7.85. The molecule has 4 rings (SSSR count). The predicted octanol–water partition coefficient (Wildman–Crippen LogP) is 3.22. The maximum atomic E-state index is 10.8. The van der Waals surface area contributed by atoms with E-state index in [9.17, 15) is 4.79 Å². The Kier molecular flexibility index (Phi) is 5.38. The van der Waals surface area contributed by atoms with Gasteiger partial charge in [0.2, 0.25) is 0 Å². The van der Waals surface area contributed by atoms with Gasteiger partial charge in [-0.3, -0.25) is 14.4 Å². The van der Waals surface area contributed by atoms with Gasteiger partial charge < -0.3 is 9.84 Å². The van der Waals surface area contributed by atoms with E-state index in [0.29, 0.717) is 12.5 Å². The first-order valence-corrected chi connectivity index (χ1v) is 10.2. The van der Waals surface area contributed by atoms with Crippen molar-refractivity contribution in [3.63, 3.8) is 0 Å². The average Bonchev–Trinajstić information content (AvgIpc) is 3.33. The number of fused-ring (bicyclic) bond motifs is 1. The van der Waals surface area contributed by atoms with Gasteiger partial charge in [0.15, 0.2) is 0 Å². The molecular weight excluding hydrogens is 350 g/mol. The largest absolute Gasteiger partial charge is 0.481 e. The van der Waals surface area contributed by atoms with E-state index in [-0.39, 0.29) is 6.42 Å². The van der Waals surface area contributed by atoms with Crippen LogP contribution in [-0.4, -0.2) is 38.9 Å². The Morgan fingerprint density at radius 1 is 1.35 bits per heavy atom. The zero-order valence-electron chi connectivity index (χ0n) is 14.9. The van der Waals surface area contributed by atoms with Gasteiger partial charge in [0.25, 0.3) is 0 Å². The summed E-state index contributed by atoms with van der Waals surface area (Å²) in [6.07, 6.45) is 4.32. The molecule has 0 bridgehead atoms. The van der Waals surface area contributed by atoms with Crippen LogP contribution in [0.1, 0.15) is 52.9 Å². The second-order valence-electron chi connectivity index (χ2n) is 7.11. The number of hydrogen-bond donors (Lipinski definition) is 1. The zero-order valence-corrected chi connectivity index (χ0v) is 15.7. The molecule has 2 aliphatic rings. The molecule has 2 aromatic heterocycles. The molecule has 1 fully saturated rings. The van der Waals surface area contributed by atoms with E-state index in [0.717, 1.165) is 57.7 Å². The van der Waals surface area contributed by atoms with Crippen LogP contribution in [0, 0.1) is 0 Å². The number of hydrogen-bond acceptors (Lipinski definition) is 5. The van der Waals surface area contributed by atoms with E-state index >= 15 is 0 Å². The highest BCUT2D eigenvalue weighted by Gasteiger charge is 2.21. The van der Waals surface area contributed by atoms with Gasteiger partial charge in [-0.15, -0.1) is 11.3 Å². The topological polar surface area (TPSA) is 67.6 Å². The van der Waals surface area contributed by atoms with E-state index in [4.69, 9.17) is 9.84 Å². The van der Waals surface area contributed by atoms with Crippen LogP contribution >= 0.6 is 11.3 Å². The SMILES string of the molecule is O=C(O)CCc1cc2n(n1)CCCN(Cc1ccc(C3CCCO3)s1)C2. The Morgan fingerprint density at radius 3 is 3.08 bits per heavy atom. The van der Waals surface area contributed by atoms with Crippen LogP contribution in [0.4, 0.5) is 0 Å². The molecule has 1 saturated heterocycles. The summed E-state index contributed by atoms with van der Waals surface area (Å²) in [6, 6.07) is 6.54. The lowest BCUT2D eigenvalue weighted by Crippen LogP contribution is -2.22. The smallest absolute Gasteiger partial charge is 0.303 e. The molecule has 4 heterocycles. The first kappa shape index (κ1) is 17.7. The number of aryl methyl sites for hydroxylation is 2. The molecule has 0 aromatic carbocycles. The molecule has 0 spiro atoms. The van der Waals surface area contributed by atoms with Crippen LogP contribution in [-0.2, 0) is 35.6 Å². The highest BCUT2D eigenvalue weighted by atomic mass is 32.1. The lowest BCUT2D eigenvalue weighted by molar-refractivity contribution is -0.136. The number of thiophene rings is 1. The third kappa shape index (κ3) is 4.16. The number of carboxylic acids is 1. The maximum absolute atomic E-state index is 10.8. The number of nitrogens with zero attached hydrogens (tertiary/aromatic N) is 3. The van der Waals surface area contributed by atoms with Gasteiger partial charge in [-0.2, -0.15) is 5.10 Å². The molecule has 0 saturated carbocycles. The van der Waals surface area contributed by atoms with Crippen molar-refractivity contribution in [2.75, 3.05) is 13.2 Å². The molecule has 2 aromatic rings. The van der Waals surface area contributed by atoms with Crippen molar-refractivity contribution in [3.8, 4) is 0 Å². The third-order valence-electron chi connectivity index (χ3n) is 5.05. The van der Waals surface area contributed by atoms with Gasteiger partial charge in [0.1, 0.15) is 0 Å². The third-order valence-corrected chi connectivity index (χ3v) is 6.21. The van der Waals surface area contributed by atoms with Crippen molar-refractivity contribution >= 4 is 17.3 Å². The van der Waals surface area contributed by atoms with Crippen molar-refractivity contribution in [2.24, 2.45) is 0 Å². The van der Waals surface area contributed by atoms with Crippen LogP contribution in [0.5, 0.6) is 0 Å². The minimum absolute atomic E-state index is 0.140. The minimum atomic E-state index is -0.769. The summed E-state index contributed by atoms with van der Waals surface area (Å²) in [6.45, 7) is 4.67. The van der Waals surface area contributed by atoms with Gasteiger partial charge in [-0.05, 0) is 37.5 Å². The predicted molar refractivity (Wildman–Crippen MR) is 99.2 cm³/mol. The second kappa shape index (κ2) is 7.90. The van der Waals surface area contributed by atoms with E-state index < -0.39 is 5.97 Å². The van der Waals surface area contributed by atoms with Crippen molar-refractivity contribution in [1.82, 2.24) is 14.7 Å². The molecular formula is C19H25N3O3S. The number of aliphatic carboxylic acids is 1. The molecule has 1 N–H and O–H groups in total. The van der Waals surface area contributed by atoms with Crippen molar-refractivity contribution in [1.29, 1.82) is 0 Å². The van der Waals surface area contributed by atoms with Gasteiger partial charge in [-0.25, -0.2) is 0 Å². The average molecular weight is 375 g/mol. The first-order chi connectivity index (χ1) is 12.7. The summed E-state index contributed by atoms with van der Waals surface area (Å²) >= 11 is 1.87. The standard InChI is InChI=1S/C19H25N3O3S/c23-19(24)7-4-14-11-15-12-21(8-2-9-22(15)20-14)13-16-5-6-18(26-16)17-3-1-10-25-17/h5-6,11,17H,1-4,7-10,12-13H2,(H,23,24). The van der Waals surface area contributed by atoms with E-state index in [2.05, 4.69) is 32.9 Å². The minimum Gasteiger partial charge on any atom is -0.481 e. The van der Waals surface area contributed by atoms with E-state index in [1.54, 1.807) is 0 Å². The monoisotopic (exact) mass is 375 g/mol. The summed E-state index contributed by atoms with van der Waals surface area (Å²) in [7, 11) is 0. The lowest BCUT2D eigenvalue weighted by Gasteiger charge is -2.18. The van der Waals surface area contributed by atoms with Crippen LogP contribution in [0.3, 0.4) is 0 Å². The van der Waals surface area contributed by atoms with Crippen molar-refractivity contribution < 1.29 is 14.6 Å². The summed E-state index contributed by atoms with van der Waals surface area (Å²) in [5.41, 5.74) is 2.08. The Morgan fingerprint density at radius 2 is 2.27 bits per heavy atom. The summed E-state index contributed by atoms with van der Waals surface area (Å²) in [5.74, 6) is -0.769. The van der Waals surface area contributed by atoms with Gasteiger partial charge in [0.05, 0.1) is 23.9 Å². The van der Waals surface area contributed by atoms with Gasteiger partial charge in [-0.1, -0.05) is 0 Å². The normalized spacial score (nSPS) is 20.8. The highest BCUT2D eigenvalue weighted by molar-refractivity contribution is 7.12. The molecule has 1 atom stereocenters. The zero-order chi connectivity index (χ0) is 17.9. The first-order valence-electron chi connectivity index (χ1n) is 9.37. The summed E-state index contributed by atoms with van der Waals surface area (Å²) in [5, 5.41) is 13.5. The number of carboxylic acid groups (broad SMARTS) is 1. The van der Waals surface area contributed by atoms with Crippen LogP contribution in [0.2, 0.25) is 0 Å². The highest BCUT2D eigenvalue weighted by Crippen LogP contribution is 2.34.